The highest BCUT2D eigenvalue weighted by molar-refractivity contribution is 6.00. The molecule has 2 aliphatic rings. The van der Waals surface area contributed by atoms with E-state index in [2.05, 4.69) is 15.6 Å². The summed E-state index contributed by atoms with van der Waals surface area (Å²) >= 11 is 0. The molecule has 0 saturated carbocycles. The van der Waals surface area contributed by atoms with E-state index in [0.29, 0.717) is 36.1 Å². The number of hydrogen-bond acceptors (Lipinski definition) is 5. The van der Waals surface area contributed by atoms with Crippen molar-refractivity contribution in [2.45, 2.75) is 12.6 Å². The van der Waals surface area contributed by atoms with Crippen molar-refractivity contribution >= 4 is 11.7 Å². The summed E-state index contributed by atoms with van der Waals surface area (Å²) in [6, 6.07) is 9.17. The zero-order chi connectivity index (χ0) is 14.9. The average molecular weight is 297 g/mol. The van der Waals surface area contributed by atoms with Gasteiger partial charge in [-0.15, -0.1) is 0 Å². The van der Waals surface area contributed by atoms with Crippen LogP contribution in [0, 0.1) is 0 Å². The second-order valence-corrected chi connectivity index (χ2v) is 5.18. The Morgan fingerprint density at radius 2 is 2.00 bits per heavy atom. The molecule has 1 amide bonds. The van der Waals surface area contributed by atoms with Crippen molar-refractivity contribution < 1.29 is 14.3 Å². The number of rotatable bonds is 1. The van der Waals surface area contributed by atoms with Crippen LogP contribution in [-0.2, 0) is 0 Å². The van der Waals surface area contributed by atoms with E-state index in [-0.39, 0.29) is 5.91 Å². The number of ether oxygens (including phenoxy) is 2. The summed E-state index contributed by atoms with van der Waals surface area (Å²) in [6.45, 7) is 1.23. The third-order valence-corrected chi connectivity index (χ3v) is 3.72. The molecular formula is C16H15N3O3. The molecule has 2 N–H and O–H groups in total. The molecule has 2 aliphatic heterocycles. The number of hydrogen-bond donors (Lipinski definition) is 2. The molecule has 1 aromatic carbocycles. The Morgan fingerprint density at radius 1 is 1.09 bits per heavy atom. The van der Waals surface area contributed by atoms with Crippen LogP contribution in [0.5, 0.6) is 11.5 Å². The average Bonchev–Trinajstić information content (AvgIpc) is 2.80. The highest BCUT2D eigenvalue weighted by Gasteiger charge is 2.28. The molecule has 2 aromatic rings. The fourth-order valence-corrected chi connectivity index (χ4v) is 2.68. The molecule has 112 valence electrons. The van der Waals surface area contributed by atoms with Gasteiger partial charge in [0.15, 0.2) is 11.5 Å². The molecule has 22 heavy (non-hydrogen) atoms. The second kappa shape index (κ2) is 5.22. The maximum absolute atomic E-state index is 12.2. The van der Waals surface area contributed by atoms with Gasteiger partial charge in [-0.1, -0.05) is 12.1 Å². The SMILES string of the molecule is O=C1NC(c2cccc3c2OCCCO3)Nc2ncccc21. The van der Waals surface area contributed by atoms with Gasteiger partial charge in [0.2, 0.25) is 0 Å². The highest BCUT2D eigenvalue weighted by atomic mass is 16.5. The molecule has 0 fully saturated rings. The normalized spacial score (nSPS) is 19.5. The number of para-hydroxylation sites is 1. The molecule has 4 rings (SSSR count). The number of amides is 1. The standard InChI is InChI=1S/C16H15N3O3/c20-16-11-5-2-7-17-14(11)18-15(19-16)10-4-1-6-12-13(10)22-9-3-8-21-12/h1-2,4-7,15H,3,8-9H2,(H,17,18)(H,19,20). The monoisotopic (exact) mass is 297 g/mol. The van der Waals surface area contributed by atoms with Gasteiger partial charge in [0, 0.05) is 18.2 Å². The van der Waals surface area contributed by atoms with Crippen molar-refractivity contribution in [2.75, 3.05) is 18.5 Å². The Balaban J connectivity index is 1.73. The van der Waals surface area contributed by atoms with Crippen molar-refractivity contribution in [3.63, 3.8) is 0 Å². The van der Waals surface area contributed by atoms with E-state index >= 15 is 0 Å². The number of nitrogens with one attached hydrogen (secondary N) is 2. The number of anilines is 1. The van der Waals surface area contributed by atoms with Crippen molar-refractivity contribution in [2.24, 2.45) is 0 Å². The van der Waals surface area contributed by atoms with Crippen LogP contribution in [-0.4, -0.2) is 24.1 Å². The van der Waals surface area contributed by atoms with Gasteiger partial charge in [-0.25, -0.2) is 4.98 Å². The van der Waals surface area contributed by atoms with Crippen LogP contribution in [0.15, 0.2) is 36.5 Å². The first-order valence-electron chi connectivity index (χ1n) is 7.24. The fraction of sp³-hybridized carbons (Fsp3) is 0.250. The van der Waals surface area contributed by atoms with Crippen LogP contribution in [0.1, 0.15) is 28.5 Å². The predicted octanol–water partition coefficient (Wildman–Crippen LogP) is 2.10. The van der Waals surface area contributed by atoms with Crippen LogP contribution >= 0.6 is 0 Å². The molecule has 6 heteroatoms. The summed E-state index contributed by atoms with van der Waals surface area (Å²) in [5, 5.41) is 6.17. The zero-order valence-corrected chi connectivity index (χ0v) is 11.8. The Kier molecular flexibility index (Phi) is 3.07. The lowest BCUT2D eigenvalue weighted by molar-refractivity contribution is 0.0934. The van der Waals surface area contributed by atoms with Gasteiger partial charge in [-0.05, 0) is 18.2 Å². The van der Waals surface area contributed by atoms with Crippen LogP contribution in [0.3, 0.4) is 0 Å². The van der Waals surface area contributed by atoms with Crippen molar-refractivity contribution in [3.05, 3.63) is 47.7 Å². The van der Waals surface area contributed by atoms with E-state index in [4.69, 9.17) is 9.47 Å². The third-order valence-electron chi connectivity index (χ3n) is 3.72. The molecule has 3 heterocycles. The Bertz CT molecular complexity index is 732. The lowest BCUT2D eigenvalue weighted by Gasteiger charge is -2.28. The Hall–Kier alpha value is -2.76. The summed E-state index contributed by atoms with van der Waals surface area (Å²) < 4.78 is 11.5. The van der Waals surface area contributed by atoms with E-state index in [0.717, 1.165) is 12.0 Å². The molecule has 6 nitrogen and oxygen atoms in total. The van der Waals surface area contributed by atoms with Gasteiger partial charge in [0.25, 0.3) is 5.91 Å². The van der Waals surface area contributed by atoms with Gasteiger partial charge < -0.3 is 20.1 Å². The minimum atomic E-state index is -0.397. The van der Waals surface area contributed by atoms with Gasteiger partial charge in [-0.3, -0.25) is 4.79 Å². The van der Waals surface area contributed by atoms with Gasteiger partial charge >= 0.3 is 0 Å². The summed E-state index contributed by atoms with van der Waals surface area (Å²) in [6.07, 6.45) is 2.10. The summed E-state index contributed by atoms with van der Waals surface area (Å²) in [4.78, 5) is 16.5. The van der Waals surface area contributed by atoms with Crippen LogP contribution in [0.2, 0.25) is 0 Å². The van der Waals surface area contributed by atoms with Crippen LogP contribution in [0.25, 0.3) is 0 Å². The molecule has 1 aromatic heterocycles. The number of nitrogens with zero attached hydrogens (tertiary/aromatic N) is 1. The smallest absolute Gasteiger partial charge is 0.256 e. The number of carbonyl (C=O) groups is 1. The molecule has 0 aliphatic carbocycles. The molecule has 0 bridgehead atoms. The van der Waals surface area contributed by atoms with E-state index in [1.807, 2.05) is 18.2 Å². The van der Waals surface area contributed by atoms with Gasteiger partial charge in [0.05, 0.1) is 18.8 Å². The van der Waals surface area contributed by atoms with E-state index in [9.17, 15) is 4.79 Å². The third kappa shape index (κ3) is 2.13. The first-order valence-corrected chi connectivity index (χ1v) is 7.24. The summed E-state index contributed by atoms with van der Waals surface area (Å²) in [5.41, 5.74) is 1.38. The molecule has 0 radical (unpaired) electrons. The van der Waals surface area contributed by atoms with Gasteiger partial charge in [-0.2, -0.15) is 0 Å². The quantitative estimate of drug-likeness (QED) is 0.843. The number of pyridine rings is 1. The highest BCUT2D eigenvalue weighted by Crippen LogP contribution is 2.38. The zero-order valence-electron chi connectivity index (χ0n) is 11.8. The van der Waals surface area contributed by atoms with Crippen molar-refractivity contribution in [3.8, 4) is 11.5 Å². The lowest BCUT2D eigenvalue weighted by Crippen LogP contribution is -2.39. The first-order chi connectivity index (χ1) is 10.8. The minimum Gasteiger partial charge on any atom is -0.490 e. The fourth-order valence-electron chi connectivity index (χ4n) is 2.68. The van der Waals surface area contributed by atoms with Crippen LogP contribution < -0.4 is 20.1 Å². The Labute approximate surface area is 127 Å². The summed E-state index contributed by atoms with van der Waals surface area (Å²) in [5.74, 6) is 1.80. The molecule has 1 atom stereocenters. The lowest BCUT2D eigenvalue weighted by atomic mass is 10.1. The maximum Gasteiger partial charge on any atom is 0.256 e. The van der Waals surface area contributed by atoms with E-state index < -0.39 is 6.17 Å². The second-order valence-electron chi connectivity index (χ2n) is 5.18. The van der Waals surface area contributed by atoms with E-state index in [1.54, 1.807) is 18.3 Å². The first kappa shape index (κ1) is 12.9. The summed E-state index contributed by atoms with van der Waals surface area (Å²) in [7, 11) is 0. The number of carbonyl (C=O) groups excluding carboxylic acids is 1. The topological polar surface area (TPSA) is 72.5 Å². The predicted molar refractivity (Wildman–Crippen MR) is 80.1 cm³/mol. The largest absolute Gasteiger partial charge is 0.490 e. The number of fused-ring (bicyclic) bond motifs is 2. The minimum absolute atomic E-state index is 0.154. The molecule has 0 saturated heterocycles. The van der Waals surface area contributed by atoms with Crippen molar-refractivity contribution in [1.29, 1.82) is 0 Å². The van der Waals surface area contributed by atoms with E-state index in [1.165, 1.54) is 0 Å². The molecule has 0 spiro atoms. The molecular weight excluding hydrogens is 282 g/mol. The van der Waals surface area contributed by atoms with Crippen LogP contribution in [0.4, 0.5) is 5.82 Å². The number of aromatic nitrogens is 1. The molecule has 1 unspecified atom stereocenters. The number of benzene rings is 1. The Morgan fingerprint density at radius 3 is 2.95 bits per heavy atom. The maximum atomic E-state index is 12.2. The van der Waals surface area contributed by atoms with Crippen molar-refractivity contribution in [1.82, 2.24) is 10.3 Å². The van der Waals surface area contributed by atoms with Gasteiger partial charge in [0.1, 0.15) is 12.0 Å².